The van der Waals surface area contributed by atoms with E-state index in [2.05, 4.69) is 10.4 Å². The van der Waals surface area contributed by atoms with E-state index in [1.54, 1.807) is 4.68 Å². The maximum absolute atomic E-state index is 10.8. The lowest BCUT2D eigenvalue weighted by Gasteiger charge is -2.01. The first-order valence-corrected chi connectivity index (χ1v) is 6.45. The summed E-state index contributed by atoms with van der Waals surface area (Å²) in [6.07, 6.45) is 3.68. The molecule has 0 saturated heterocycles. The van der Waals surface area contributed by atoms with Crippen LogP contribution in [0.25, 0.3) is 0 Å². The second kappa shape index (κ2) is 4.45. The van der Waals surface area contributed by atoms with Gasteiger partial charge in [0.25, 0.3) is 0 Å². The molecule has 0 fully saturated rings. The SMILES string of the molecule is Cn1ccc(NCCCS(C)(=O)=O)n1. The molecular formula is C8H15N3O2S. The maximum atomic E-state index is 10.8. The van der Waals surface area contributed by atoms with Gasteiger partial charge in [0.2, 0.25) is 0 Å². The number of nitrogens with one attached hydrogen (secondary N) is 1. The molecule has 6 heteroatoms. The first-order valence-electron chi connectivity index (χ1n) is 4.38. The van der Waals surface area contributed by atoms with Crippen LogP contribution >= 0.6 is 0 Å². The number of hydrogen-bond donors (Lipinski definition) is 1. The van der Waals surface area contributed by atoms with E-state index < -0.39 is 9.84 Å². The van der Waals surface area contributed by atoms with Gasteiger partial charge in [-0.3, -0.25) is 4.68 Å². The first kappa shape index (κ1) is 11.0. The van der Waals surface area contributed by atoms with Crippen molar-refractivity contribution in [3.05, 3.63) is 12.3 Å². The minimum absolute atomic E-state index is 0.215. The van der Waals surface area contributed by atoms with Gasteiger partial charge < -0.3 is 5.32 Å². The Hall–Kier alpha value is -1.04. The number of rotatable bonds is 5. The van der Waals surface area contributed by atoms with Crippen LogP contribution in [0.5, 0.6) is 0 Å². The monoisotopic (exact) mass is 217 g/mol. The Kier molecular flexibility index (Phi) is 3.51. The molecule has 0 aliphatic rings. The van der Waals surface area contributed by atoms with Crippen molar-refractivity contribution < 1.29 is 8.42 Å². The van der Waals surface area contributed by atoms with E-state index in [1.807, 2.05) is 19.3 Å². The summed E-state index contributed by atoms with van der Waals surface area (Å²) in [6, 6.07) is 1.85. The Labute approximate surface area is 84.0 Å². The Morgan fingerprint density at radius 3 is 2.79 bits per heavy atom. The highest BCUT2D eigenvalue weighted by Crippen LogP contribution is 2.00. The molecule has 0 aromatic carbocycles. The zero-order chi connectivity index (χ0) is 10.6. The Bertz CT molecular complexity index is 383. The van der Waals surface area contributed by atoms with Crippen molar-refractivity contribution >= 4 is 15.7 Å². The Morgan fingerprint density at radius 1 is 1.57 bits per heavy atom. The zero-order valence-electron chi connectivity index (χ0n) is 8.40. The van der Waals surface area contributed by atoms with E-state index in [0.29, 0.717) is 13.0 Å². The van der Waals surface area contributed by atoms with E-state index in [1.165, 1.54) is 6.26 Å². The van der Waals surface area contributed by atoms with Crippen LogP contribution in [-0.4, -0.2) is 36.8 Å². The highest BCUT2D eigenvalue weighted by atomic mass is 32.2. The predicted molar refractivity (Wildman–Crippen MR) is 56.0 cm³/mol. The molecule has 0 amide bonds. The van der Waals surface area contributed by atoms with Crippen LogP contribution in [0.3, 0.4) is 0 Å². The second-order valence-corrected chi connectivity index (χ2v) is 5.54. The fraction of sp³-hybridized carbons (Fsp3) is 0.625. The molecule has 5 nitrogen and oxygen atoms in total. The van der Waals surface area contributed by atoms with Crippen LogP contribution in [0, 0.1) is 0 Å². The van der Waals surface area contributed by atoms with Gasteiger partial charge >= 0.3 is 0 Å². The van der Waals surface area contributed by atoms with Gasteiger partial charge in [0.15, 0.2) is 0 Å². The number of aromatic nitrogens is 2. The summed E-state index contributed by atoms with van der Waals surface area (Å²) < 4.78 is 23.3. The molecule has 0 unspecified atom stereocenters. The third kappa shape index (κ3) is 4.27. The van der Waals surface area contributed by atoms with Crippen molar-refractivity contribution in [3.8, 4) is 0 Å². The van der Waals surface area contributed by atoms with Gasteiger partial charge in [0.1, 0.15) is 15.7 Å². The van der Waals surface area contributed by atoms with Crippen LogP contribution in [0.4, 0.5) is 5.82 Å². The summed E-state index contributed by atoms with van der Waals surface area (Å²) in [5.74, 6) is 0.994. The molecule has 1 heterocycles. The van der Waals surface area contributed by atoms with Crippen molar-refractivity contribution in [2.75, 3.05) is 23.9 Å². The van der Waals surface area contributed by atoms with Gasteiger partial charge in [-0.25, -0.2) is 8.42 Å². The van der Waals surface area contributed by atoms with Crippen LogP contribution in [0.15, 0.2) is 12.3 Å². The van der Waals surface area contributed by atoms with Crippen LogP contribution < -0.4 is 5.32 Å². The minimum atomic E-state index is -2.84. The van der Waals surface area contributed by atoms with Gasteiger partial charge in [0.05, 0.1) is 5.75 Å². The average Bonchev–Trinajstić information content (AvgIpc) is 2.44. The molecule has 1 aromatic heterocycles. The van der Waals surface area contributed by atoms with Gasteiger partial charge in [-0.1, -0.05) is 0 Å². The molecule has 0 bridgehead atoms. The quantitative estimate of drug-likeness (QED) is 0.719. The number of anilines is 1. The molecule has 0 radical (unpaired) electrons. The minimum Gasteiger partial charge on any atom is -0.369 e. The molecular weight excluding hydrogens is 202 g/mol. The third-order valence-electron chi connectivity index (χ3n) is 1.71. The van der Waals surface area contributed by atoms with Crippen molar-refractivity contribution in [1.82, 2.24) is 9.78 Å². The van der Waals surface area contributed by atoms with E-state index in [0.717, 1.165) is 5.82 Å². The largest absolute Gasteiger partial charge is 0.369 e. The van der Waals surface area contributed by atoms with Crippen molar-refractivity contribution in [2.24, 2.45) is 7.05 Å². The van der Waals surface area contributed by atoms with E-state index >= 15 is 0 Å². The summed E-state index contributed by atoms with van der Waals surface area (Å²) in [4.78, 5) is 0. The summed E-state index contributed by atoms with van der Waals surface area (Å²) in [7, 11) is -1.00. The molecule has 1 N–H and O–H groups in total. The lowest BCUT2D eigenvalue weighted by atomic mass is 10.5. The number of nitrogens with zero attached hydrogens (tertiary/aromatic N) is 2. The predicted octanol–water partition coefficient (Wildman–Crippen LogP) is 0.267. The molecule has 1 rings (SSSR count). The molecule has 80 valence electrons. The summed E-state index contributed by atoms with van der Waals surface area (Å²) in [5.41, 5.74) is 0. The highest BCUT2D eigenvalue weighted by Gasteiger charge is 2.01. The lowest BCUT2D eigenvalue weighted by Crippen LogP contribution is -2.10. The second-order valence-electron chi connectivity index (χ2n) is 3.28. The molecule has 0 aliphatic carbocycles. The summed E-state index contributed by atoms with van der Waals surface area (Å²) in [6.45, 7) is 0.629. The van der Waals surface area contributed by atoms with Crippen LogP contribution in [0.2, 0.25) is 0 Å². The smallest absolute Gasteiger partial charge is 0.147 e. The van der Waals surface area contributed by atoms with Crippen LogP contribution in [0.1, 0.15) is 6.42 Å². The zero-order valence-corrected chi connectivity index (χ0v) is 9.21. The maximum Gasteiger partial charge on any atom is 0.147 e. The molecule has 0 atom stereocenters. The summed E-state index contributed by atoms with van der Waals surface area (Å²) >= 11 is 0. The number of hydrogen-bond acceptors (Lipinski definition) is 4. The van der Waals surface area contributed by atoms with Crippen molar-refractivity contribution in [2.45, 2.75) is 6.42 Å². The van der Waals surface area contributed by atoms with Gasteiger partial charge in [0, 0.05) is 32.1 Å². The van der Waals surface area contributed by atoms with Crippen molar-refractivity contribution in [1.29, 1.82) is 0 Å². The third-order valence-corrected chi connectivity index (χ3v) is 2.74. The number of sulfone groups is 1. The molecule has 0 spiro atoms. The molecule has 1 aromatic rings. The first-order chi connectivity index (χ1) is 6.47. The fourth-order valence-electron chi connectivity index (χ4n) is 1.06. The lowest BCUT2D eigenvalue weighted by molar-refractivity contribution is 0.600. The number of aryl methyl sites for hydroxylation is 1. The van der Waals surface area contributed by atoms with Gasteiger partial charge in [-0.2, -0.15) is 5.10 Å². The van der Waals surface area contributed by atoms with Crippen LogP contribution in [-0.2, 0) is 16.9 Å². The fourth-order valence-corrected chi connectivity index (χ4v) is 1.73. The van der Waals surface area contributed by atoms with Crippen molar-refractivity contribution in [3.63, 3.8) is 0 Å². The molecule has 0 saturated carbocycles. The van der Waals surface area contributed by atoms with Gasteiger partial charge in [-0.15, -0.1) is 0 Å². The summed E-state index contributed by atoms with van der Waals surface area (Å²) in [5, 5.41) is 7.14. The Morgan fingerprint density at radius 2 is 2.29 bits per heavy atom. The molecule has 0 aliphatic heterocycles. The normalized spacial score (nSPS) is 11.6. The van der Waals surface area contributed by atoms with E-state index in [-0.39, 0.29) is 5.75 Å². The average molecular weight is 217 g/mol. The van der Waals surface area contributed by atoms with Gasteiger partial charge in [-0.05, 0) is 6.42 Å². The molecule has 14 heavy (non-hydrogen) atoms. The highest BCUT2D eigenvalue weighted by molar-refractivity contribution is 7.90. The topological polar surface area (TPSA) is 64.0 Å². The standard InChI is InChI=1S/C8H15N3O2S/c1-11-6-4-8(10-11)9-5-3-7-14(2,12)13/h4,6H,3,5,7H2,1-2H3,(H,9,10). The van der Waals surface area contributed by atoms with E-state index in [9.17, 15) is 8.42 Å². The Balaban J connectivity index is 2.23. The van der Waals surface area contributed by atoms with E-state index in [4.69, 9.17) is 0 Å².